The minimum absolute atomic E-state index is 0.0566. The molecule has 140 valence electrons. The highest BCUT2D eigenvalue weighted by Crippen LogP contribution is 2.32. The van der Waals surface area contributed by atoms with Crippen molar-refractivity contribution in [3.8, 4) is 11.5 Å². The van der Waals surface area contributed by atoms with Crippen molar-refractivity contribution in [1.82, 2.24) is 10.3 Å². The molecule has 3 N–H and O–H groups in total. The summed E-state index contributed by atoms with van der Waals surface area (Å²) in [6.07, 6.45) is 1.58. The van der Waals surface area contributed by atoms with E-state index in [2.05, 4.69) is 15.6 Å². The van der Waals surface area contributed by atoms with Gasteiger partial charge in [0, 0.05) is 29.1 Å². The number of carbonyl (C=O) groups excluding carboxylic acids is 1. The van der Waals surface area contributed by atoms with Gasteiger partial charge in [-0.2, -0.15) is 0 Å². The Labute approximate surface area is 157 Å². The Morgan fingerprint density at radius 1 is 1.22 bits per heavy atom. The highest BCUT2D eigenvalue weighted by atomic mass is 16.5. The van der Waals surface area contributed by atoms with Crippen molar-refractivity contribution in [2.75, 3.05) is 19.0 Å². The fourth-order valence-corrected chi connectivity index (χ4v) is 3.68. The lowest BCUT2D eigenvalue weighted by atomic mass is 10.1. The molecule has 0 aliphatic heterocycles. The van der Waals surface area contributed by atoms with Crippen LogP contribution in [0.15, 0.2) is 42.5 Å². The molecule has 0 spiro atoms. The van der Waals surface area contributed by atoms with E-state index in [1.54, 1.807) is 7.11 Å². The molecule has 0 saturated carbocycles. The third-order valence-corrected chi connectivity index (χ3v) is 4.87. The van der Waals surface area contributed by atoms with Gasteiger partial charge in [-0.25, -0.2) is 4.79 Å². The molecule has 2 aromatic carbocycles. The van der Waals surface area contributed by atoms with Crippen LogP contribution in [0.4, 0.5) is 10.5 Å². The number of urea groups is 1. The van der Waals surface area contributed by atoms with Crippen LogP contribution in [0, 0.1) is 0 Å². The molecule has 0 bridgehead atoms. The molecule has 6 heteroatoms. The number of nitrogens with one attached hydrogen (secondary N) is 3. The number of aromatic nitrogens is 1. The molecule has 6 nitrogen and oxygen atoms in total. The number of anilines is 1. The monoisotopic (exact) mass is 365 g/mol. The summed E-state index contributed by atoms with van der Waals surface area (Å²) < 4.78 is 10.9. The molecule has 1 atom stereocenters. The summed E-state index contributed by atoms with van der Waals surface area (Å²) in [6.45, 7) is 2.47. The number of H-pyrrole nitrogens is 1. The highest BCUT2D eigenvalue weighted by Gasteiger charge is 2.27. The van der Waals surface area contributed by atoms with Crippen LogP contribution < -0.4 is 20.1 Å². The zero-order valence-electron chi connectivity index (χ0n) is 15.5. The smallest absolute Gasteiger partial charge is 0.319 e. The zero-order chi connectivity index (χ0) is 18.8. The molecule has 3 aromatic rings. The van der Waals surface area contributed by atoms with Crippen molar-refractivity contribution >= 4 is 22.6 Å². The fourth-order valence-electron chi connectivity index (χ4n) is 3.68. The van der Waals surface area contributed by atoms with Gasteiger partial charge in [-0.3, -0.25) is 0 Å². The second-order valence-electron chi connectivity index (χ2n) is 6.63. The summed E-state index contributed by atoms with van der Waals surface area (Å²) in [5.74, 6) is 1.51. The maximum atomic E-state index is 12.5. The number of amides is 2. The van der Waals surface area contributed by atoms with E-state index >= 15 is 0 Å². The molecule has 1 unspecified atom stereocenters. The summed E-state index contributed by atoms with van der Waals surface area (Å²) >= 11 is 0. The Morgan fingerprint density at radius 3 is 2.89 bits per heavy atom. The molecule has 1 aromatic heterocycles. The Bertz CT molecular complexity index is 980. The van der Waals surface area contributed by atoms with Gasteiger partial charge in [-0.1, -0.05) is 12.1 Å². The third kappa shape index (κ3) is 3.43. The van der Waals surface area contributed by atoms with Gasteiger partial charge in [0.1, 0.15) is 11.5 Å². The molecule has 2 amide bonds. The van der Waals surface area contributed by atoms with Gasteiger partial charge in [-0.15, -0.1) is 0 Å². The Balaban J connectivity index is 1.44. The number of ether oxygens (including phenoxy) is 2. The lowest BCUT2D eigenvalue weighted by Crippen LogP contribution is -2.38. The lowest BCUT2D eigenvalue weighted by molar-refractivity contribution is 0.248. The SMILES string of the molecule is CCOc1ccccc1NC(=O)NC1Cc2[nH]c3ccc(OC)cc3c2C1. The van der Waals surface area contributed by atoms with Crippen molar-refractivity contribution < 1.29 is 14.3 Å². The predicted octanol–water partition coefficient (Wildman–Crippen LogP) is 3.86. The topological polar surface area (TPSA) is 75.4 Å². The van der Waals surface area contributed by atoms with Gasteiger partial charge >= 0.3 is 6.03 Å². The van der Waals surface area contributed by atoms with E-state index in [-0.39, 0.29) is 12.1 Å². The average Bonchev–Trinajstić information content (AvgIpc) is 3.20. The second kappa shape index (κ2) is 7.23. The van der Waals surface area contributed by atoms with E-state index in [0.717, 1.165) is 29.5 Å². The predicted molar refractivity (Wildman–Crippen MR) is 106 cm³/mol. The fraction of sp³-hybridized carbons (Fsp3) is 0.286. The molecule has 27 heavy (non-hydrogen) atoms. The van der Waals surface area contributed by atoms with Gasteiger partial charge in [0.25, 0.3) is 0 Å². The molecule has 1 heterocycles. The van der Waals surface area contributed by atoms with Crippen molar-refractivity contribution in [3.05, 3.63) is 53.7 Å². The van der Waals surface area contributed by atoms with Gasteiger partial charge in [0.15, 0.2) is 0 Å². The summed E-state index contributed by atoms with van der Waals surface area (Å²) in [5.41, 5.74) is 4.21. The molecular weight excluding hydrogens is 342 g/mol. The number of para-hydroxylation sites is 2. The Hall–Kier alpha value is -3.15. The van der Waals surface area contributed by atoms with Gasteiger partial charge in [-0.05, 0) is 49.2 Å². The van der Waals surface area contributed by atoms with Crippen molar-refractivity contribution in [1.29, 1.82) is 0 Å². The number of methoxy groups -OCH3 is 1. The van der Waals surface area contributed by atoms with E-state index in [1.807, 2.05) is 49.4 Å². The summed E-state index contributed by atoms with van der Waals surface area (Å²) in [5, 5.41) is 7.12. The molecule has 4 rings (SSSR count). The third-order valence-electron chi connectivity index (χ3n) is 4.87. The van der Waals surface area contributed by atoms with Gasteiger partial charge in [0.2, 0.25) is 0 Å². The first-order chi connectivity index (χ1) is 13.2. The van der Waals surface area contributed by atoms with Crippen LogP contribution in [-0.4, -0.2) is 30.8 Å². The van der Waals surface area contributed by atoms with E-state index in [1.165, 1.54) is 11.3 Å². The number of benzene rings is 2. The van der Waals surface area contributed by atoms with Crippen LogP contribution in [-0.2, 0) is 12.8 Å². The molecular formula is C21H23N3O3. The number of aromatic amines is 1. The van der Waals surface area contributed by atoms with Crippen LogP contribution in [0.2, 0.25) is 0 Å². The first-order valence-corrected chi connectivity index (χ1v) is 9.14. The largest absolute Gasteiger partial charge is 0.497 e. The standard InChI is InChI=1S/C21H23N3O3/c1-3-27-20-7-5-4-6-18(20)24-21(25)22-13-10-15-16-12-14(26-2)8-9-17(16)23-19(15)11-13/h4-9,12-13,23H,3,10-11H2,1-2H3,(H2,22,24,25). The molecule has 0 radical (unpaired) electrons. The van der Waals surface area contributed by atoms with Crippen LogP contribution in [0.25, 0.3) is 10.9 Å². The average molecular weight is 365 g/mol. The van der Waals surface area contributed by atoms with Crippen LogP contribution in [0.1, 0.15) is 18.2 Å². The molecule has 0 saturated heterocycles. The van der Waals surface area contributed by atoms with Gasteiger partial charge < -0.3 is 25.1 Å². The van der Waals surface area contributed by atoms with Crippen LogP contribution in [0.3, 0.4) is 0 Å². The van der Waals surface area contributed by atoms with Crippen molar-refractivity contribution in [2.24, 2.45) is 0 Å². The zero-order valence-corrected chi connectivity index (χ0v) is 15.5. The van der Waals surface area contributed by atoms with Crippen LogP contribution in [0.5, 0.6) is 11.5 Å². The van der Waals surface area contributed by atoms with E-state index in [9.17, 15) is 4.79 Å². The van der Waals surface area contributed by atoms with Crippen molar-refractivity contribution in [3.63, 3.8) is 0 Å². The molecule has 1 aliphatic carbocycles. The number of hydrogen-bond acceptors (Lipinski definition) is 3. The summed E-state index contributed by atoms with van der Waals surface area (Å²) in [4.78, 5) is 15.9. The minimum Gasteiger partial charge on any atom is -0.497 e. The summed E-state index contributed by atoms with van der Waals surface area (Å²) in [6, 6.07) is 13.3. The quantitative estimate of drug-likeness (QED) is 0.643. The normalized spacial score (nSPS) is 15.4. The Morgan fingerprint density at radius 2 is 2.07 bits per heavy atom. The maximum Gasteiger partial charge on any atom is 0.319 e. The molecule has 0 fully saturated rings. The number of rotatable bonds is 5. The number of fused-ring (bicyclic) bond motifs is 3. The van der Waals surface area contributed by atoms with Gasteiger partial charge in [0.05, 0.1) is 19.4 Å². The lowest BCUT2D eigenvalue weighted by Gasteiger charge is -2.15. The molecule has 1 aliphatic rings. The van der Waals surface area contributed by atoms with E-state index in [4.69, 9.17) is 9.47 Å². The van der Waals surface area contributed by atoms with Crippen LogP contribution >= 0.6 is 0 Å². The number of hydrogen-bond donors (Lipinski definition) is 3. The first kappa shape index (κ1) is 17.3. The van der Waals surface area contributed by atoms with Crippen molar-refractivity contribution in [2.45, 2.75) is 25.8 Å². The maximum absolute atomic E-state index is 12.5. The highest BCUT2D eigenvalue weighted by molar-refractivity contribution is 5.91. The minimum atomic E-state index is -0.223. The Kier molecular flexibility index (Phi) is 4.62. The number of carbonyl (C=O) groups is 1. The first-order valence-electron chi connectivity index (χ1n) is 9.14. The van der Waals surface area contributed by atoms with E-state index < -0.39 is 0 Å². The second-order valence-corrected chi connectivity index (χ2v) is 6.63. The summed E-state index contributed by atoms with van der Waals surface area (Å²) in [7, 11) is 1.67. The van der Waals surface area contributed by atoms with E-state index in [0.29, 0.717) is 18.0 Å².